The minimum atomic E-state index is -4.17. The first-order chi connectivity index (χ1) is 13.3. The molecule has 0 spiro atoms. The van der Waals surface area contributed by atoms with Crippen molar-refractivity contribution in [2.45, 2.75) is 64.0 Å². The van der Waals surface area contributed by atoms with Crippen LogP contribution in [0, 0.1) is 24.6 Å². The molecule has 0 unspecified atom stereocenters. The molecule has 0 aromatic carbocycles. The number of aryl methyl sites for hydroxylation is 1. The Balaban J connectivity index is 1.68. The average molecular weight is 398 g/mol. The van der Waals surface area contributed by atoms with Gasteiger partial charge in [0.1, 0.15) is 5.69 Å². The van der Waals surface area contributed by atoms with Crippen LogP contribution in [0.2, 0.25) is 0 Å². The van der Waals surface area contributed by atoms with Crippen molar-refractivity contribution in [3.05, 3.63) is 29.0 Å². The fraction of sp³-hybridized carbons (Fsp3) is 0.700. The van der Waals surface area contributed by atoms with Crippen LogP contribution in [0.25, 0.3) is 5.65 Å². The summed E-state index contributed by atoms with van der Waals surface area (Å²) in [6, 6.07) is 1.96. The van der Waals surface area contributed by atoms with Crippen molar-refractivity contribution in [3.8, 4) is 0 Å². The molecule has 0 radical (unpaired) electrons. The second-order valence-electron chi connectivity index (χ2n) is 8.42. The van der Waals surface area contributed by atoms with Crippen molar-refractivity contribution in [2.24, 2.45) is 11.8 Å². The summed E-state index contributed by atoms with van der Waals surface area (Å²) in [4.78, 5) is 4.35. The SMILES string of the molecule is Cc1cc([C@H]2CNCC[C@H]2C)n2nc(C3CCC(C(F)(F)F)CC3)c(F)c2n1. The van der Waals surface area contributed by atoms with E-state index in [9.17, 15) is 13.2 Å². The Morgan fingerprint density at radius 2 is 1.86 bits per heavy atom. The molecule has 1 saturated heterocycles. The first-order valence-electron chi connectivity index (χ1n) is 10.1. The summed E-state index contributed by atoms with van der Waals surface area (Å²) in [5, 5.41) is 7.93. The number of hydrogen-bond acceptors (Lipinski definition) is 3. The number of hydrogen-bond donors (Lipinski definition) is 1. The molecule has 8 heteroatoms. The molecule has 28 heavy (non-hydrogen) atoms. The van der Waals surface area contributed by atoms with E-state index in [0.717, 1.165) is 30.9 Å². The molecule has 2 aromatic rings. The Bertz CT molecular complexity index is 852. The predicted molar refractivity (Wildman–Crippen MR) is 97.8 cm³/mol. The highest BCUT2D eigenvalue weighted by atomic mass is 19.4. The fourth-order valence-corrected chi connectivity index (χ4v) is 4.76. The minimum absolute atomic E-state index is 0.0321. The van der Waals surface area contributed by atoms with Gasteiger partial charge in [0.15, 0.2) is 11.5 Å². The van der Waals surface area contributed by atoms with Gasteiger partial charge in [0.2, 0.25) is 0 Å². The number of piperidine rings is 1. The van der Waals surface area contributed by atoms with E-state index in [1.165, 1.54) is 0 Å². The van der Waals surface area contributed by atoms with Gasteiger partial charge in [-0.1, -0.05) is 6.92 Å². The summed E-state index contributed by atoms with van der Waals surface area (Å²) in [5.41, 5.74) is 2.12. The average Bonchev–Trinajstić information content (AvgIpc) is 2.98. The summed E-state index contributed by atoms with van der Waals surface area (Å²) in [7, 11) is 0. The van der Waals surface area contributed by atoms with Crippen LogP contribution in [0.3, 0.4) is 0 Å². The first kappa shape index (κ1) is 19.6. The van der Waals surface area contributed by atoms with Gasteiger partial charge in [-0.15, -0.1) is 0 Å². The first-order valence-corrected chi connectivity index (χ1v) is 10.1. The smallest absolute Gasteiger partial charge is 0.316 e. The summed E-state index contributed by atoms with van der Waals surface area (Å²) >= 11 is 0. The van der Waals surface area contributed by atoms with Gasteiger partial charge in [-0.05, 0) is 57.6 Å². The predicted octanol–water partition coefficient (Wildman–Crippen LogP) is 4.73. The van der Waals surface area contributed by atoms with Crippen LogP contribution < -0.4 is 5.32 Å². The Labute approximate surface area is 161 Å². The van der Waals surface area contributed by atoms with Crippen molar-refractivity contribution < 1.29 is 17.6 Å². The van der Waals surface area contributed by atoms with Crippen molar-refractivity contribution in [1.82, 2.24) is 19.9 Å². The molecule has 1 aliphatic heterocycles. The van der Waals surface area contributed by atoms with E-state index in [0.29, 0.717) is 18.8 Å². The van der Waals surface area contributed by atoms with Crippen LogP contribution in [-0.4, -0.2) is 33.9 Å². The molecule has 1 N–H and O–H groups in total. The summed E-state index contributed by atoms with van der Waals surface area (Å²) in [5.74, 6) is -1.41. The van der Waals surface area contributed by atoms with E-state index in [2.05, 4.69) is 22.3 Å². The second kappa shape index (κ2) is 7.28. The number of rotatable bonds is 2. The van der Waals surface area contributed by atoms with Gasteiger partial charge in [-0.3, -0.25) is 0 Å². The summed E-state index contributed by atoms with van der Waals surface area (Å²) < 4.78 is 55.6. The molecule has 0 amide bonds. The zero-order valence-electron chi connectivity index (χ0n) is 16.2. The van der Waals surface area contributed by atoms with E-state index in [-0.39, 0.29) is 36.0 Å². The third-order valence-electron chi connectivity index (χ3n) is 6.50. The lowest BCUT2D eigenvalue weighted by molar-refractivity contribution is -0.182. The van der Waals surface area contributed by atoms with Crippen LogP contribution in [-0.2, 0) is 0 Å². The number of nitrogens with one attached hydrogen (secondary N) is 1. The van der Waals surface area contributed by atoms with Crippen LogP contribution in [0.15, 0.2) is 6.07 Å². The molecule has 4 nitrogen and oxygen atoms in total. The van der Waals surface area contributed by atoms with Gasteiger partial charge in [0, 0.05) is 24.1 Å². The van der Waals surface area contributed by atoms with Crippen LogP contribution in [0.5, 0.6) is 0 Å². The van der Waals surface area contributed by atoms with E-state index in [1.807, 2.05) is 13.0 Å². The number of alkyl halides is 3. The quantitative estimate of drug-likeness (QED) is 0.744. The zero-order chi connectivity index (χ0) is 20.1. The van der Waals surface area contributed by atoms with E-state index >= 15 is 4.39 Å². The highest BCUT2D eigenvalue weighted by Gasteiger charge is 2.42. The Morgan fingerprint density at radius 3 is 2.50 bits per heavy atom. The lowest BCUT2D eigenvalue weighted by Crippen LogP contribution is -2.35. The molecule has 3 heterocycles. The molecule has 4 rings (SSSR count). The van der Waals surface area contributed by atoms with Crippen molar-refractivity contribution in [3.63, 3.8) is 0 Å². The highest BCUT2D eigenvalue weighted by Crippen LogP contribution is 2.43. The summed E-state index contributed by atoms with van der Waals surface area (Å²) in [6.45, 7) is 5.79. The maximum Gasteiger partial charge on any atom is 0.391 e. The van der Waals surface area contributed by atoms with E-state index < -0.39 is 17.9 Å². The topological polar surface area (TPSA) is 42.2 Å². The van der Waals surface area contributed by atoms with Crippen LogP contribution >= 0.6 is 0 Å². The molecule has 154 valence electrons. The number of fused-ring (bicyclic) bond motifs is 1. The molecule has 2 fully saturated rings. The summed E-state index contributed by atoms with van der Waals surface area (Å²) in [6.07, 6.45) is -2.46. The van der Waals surface area contributed by atoms with Crippen molar-refractivity contribution in [2.75, 3.05) is 13.1 Å². The van der Waals surface area contributed by atoms with Gasteiger partial charge in [0.05, 0.1) is 11.6 Å². The highest BCUT2D eigenvalue weighted by molar-refractivity contribution is 5.45. The normalized spacial score (nSPS) is 29.4. The Morgan fingerprint density at radius 1 is 1.14 bits per heavy atom. The van der Waals surface area contributed by atoms with Crippen molar-refractivity contribution >= 4 is 5.65 Å². The van der Waals surface area contributed by atoms with Gasteiger partial charge < -0.3 is 5.32 Å². The maximum atomic E-state index is 15.2. The second-order valence-corrected chi connectivity index (χ2v) is 8.42. The van der Waals surface area contributed by atoms with Gasteiger partial charge in [0.25, 0.3) is 0 Å². The third kappa shape index (κ3) is 3.51. The molecule has 1 saturated carbocycles. The number of halogens is 4. The molecule has 2 aliphatic rings. The van der Waals surface area contributed by atoms with Gasteiger partial charge in [-0.25, -0.2) is 13.9 Å². The molecule has 1 aliphatic carbocycles. The van der Waals surface area contributed by atoms with Crippen LogP contribution in [0.1, 0.15) is 67.9 Å². The number of aromatic nitrogens is 3. The van der Waals surface area contributed by atoms with E-state index in [4.69, 9.17) is 0 Å². The molecular weight excluding hydrogens is 372 g/mol. The van der Waals surface area contributed by atoms with E-state index in [1.54, 1.807) is 4.52 Å². The van der Waals surface area contributed by atoms with Crippen LogP contribution in [0.4, 0.5) is 17.6 Å². The molecule has 0 bridgehead atoms. The van der Waals surface area contributed by atoms with Crippen molar-refractivity contribution in [1.29, 1.82) is 0 Å². The Hall–Kier alpha value is -1.70. The fourth-order valence-electron chi connectivity index (χ4n) is 4.76. The lowest BCUT2D eigenvalue weighted by atomic mass is 9.80. The standard InChI is InChI=1S/C20H26F4N4/c1-11-7-8-25-10-15(11)16-9-12(2)26-19-17(21)18(27-28(16)19)13-3-5-14(6-4-13)20(22,23)24/h9,11,13-15,25H,3-8,10H2,1-2H3/t11-,13?,14?,15+/m1/s1. The third-order valence-corrected chi connectivity index (χ3v) is 6.50. The molecule has 2 atom stereocenters. The largest absolute Gasteiger partial charge is 0.391 e. The molecular formula is C20H26F4N4. The number of nitrogens with zero attached hydrogens (tertiary/aromatic N) is 3. The maximum absolute atomic E-state index is 15.2. The van der Waals surface area contributed by atoms with Gasteiger partial charge in [-0.2, -0.15) is 18.3 Å². The minimum Gasteiger partial charge on any atom is -0.316 e. The monoisotopic (exact) mass is 398 g/mol. The zero-order valence-corrected chi connectivity index (χ0v) is 16.2. The van der Waals surface area contributed by atoms with Gasteiger partial charge >= 0.3 is 6.18 Å². The lowest BCUT2D eigenvalue weighted by Gasteiger charge is -2.30. The Kier molecular flexibility index (Phi) is 5.10. The molecule has 2 aromatic heterocycles.